The van der Waals surface area contributed by atoms with Crippen LogP contribution >= 0.6 is 22.7 Å². The summed E-state index contributed by atoms with van der Waals surface area (Å²) in [6.07, 6.45) is 5.96. The zero-order chi connectivity index (χ0) is 27.3. The summed E-state index contributed by atoms with van der Waals surface area (Å²) >= 11 is 3.37. The van der Waals surface area contributed by atoms with Gasteiger partial charge in [0.15, 0.2) is 0 Å². The fourth-order valence-corrected chi connectivity index (χ4v) is 6.74. The van der Waals surface area contributed by atoms with Gasteiger partial charge in [0.1, 0.15) is 5.06 Å². The van der Waals surface area contributed by atoms with E-state index in [2.05, 4.69) is 79.6 Å². The Kier molecular flexibility index (Phi) is 7.50. The maximum Gasteiger partial charge on any atom is 0.107 e. The van der Waals surface area contributed by atoms with E-state index in [1.165, 1.54) is 15.6 Å². The SMILES string of the molecule is CC(C)(C)c1ccnc(-c2cc3sccc3c3sc(Oc4[c-]c(N5C=CN(c6ccccc6)[CH-]5)ccc4)[c-]c23)c1.[Pt]. The minimum absolute atomic E-state index is 0. The van der Waals surface area contributed by atoms with E-state index in [4.69, 9.17) is 9.72 Å². The van der Waals surface area contributed by atoms with Gasteiger partial charge in [-0.25, -0.2) is 0 Å². The van der Waals surface area contributed by atoms with Gasteiger partial charge in [-0.3, -0.25) is 4.98 Å². The minimum atomic E-state index is 0. The van der Waals surface area contributed by atoms with Crippen LogP contribution in [0.2, 0.25) is 0 Å². The molecule has 4 nitrogen and oxygen atoms in total. The number of ether oxygens (including phenoxy) is 1. The number of aromatic nitrogens is 1. The van der Waals surface area contributed by atoms with Gasteiger partial charge in [0.25, 0.3) is 0 Å². The normalized spacial score (nSPS) is 13.2. The molecule has 7 heteroatoms. The molecule has 6 aromatic rings. The summed E-state index contributed by atoms with van der Waals surface area (Å²) in [6, 6.07) is 31.9. The van der Waals surface area contributed by atoms with Gasteiger partial charge < -0.3 is 14.5 Å². The quantitative estimate of drug-likeness (QED) is 0.164. The molecule has 0 saturated carbocycles. The maximum atomic E-state index is 6.38. The van der Waals surface area contributed by atoms with Crippen LogP contribution in [0.25, 0.3) is 31.4 Å². The van der Waals surface area contributed by atoms with Gasteiger partial charge in [-0.1, -0.05) is 61.4 Å². The molecule has 0 fully saturated rings. The van der Waals surface area contributed by atoms with Crippen molar-refractivity contribution in [3.8, 4) is 22.1 Å². The molecule has 0 radical (unpaired) electrons. The molecule has 0 aliphatic carbocycles. The Morgan fingerprint density at radius 2 is 1.73 bits per heavy atom. The van der Waals surface area contributed by atoms with Crippen LogP contribution in [0.3, 0.4) is 0 Å². The Labute approximate surface area is 262 Å². The Morgan fingerprint density at radius 1 is 0.902 bits per heavy atom. The van der Waals surface area contributed by atoms with Crippen LogP contribution < -0.4 is 14.5 Å². The number of benzene rings is 3. The summed E-state index contributed by atoms with van der Waals surface area (Å²) in [5, 5.41) is 5.11. The maximum absolute atomic E-state index is 6.38. The third kappa shape index (κ3) is 5.44. The van der Waals surface area contributed by atoms with E-state index in [1.807, 2.05) is 66.6 Å². The number of rotatable bonds is 5. The average molecular weight is 752 g/mol. The topological polar surface area (TPSA) is 28.6 Å². The van der Waals surface area contributed by atoms with E-state index < -0.39 is 0 Å². The summed E-state index contributed by atoms with van der Waals surface area (Å²) in [4.78, 5) is 8.88. The second kappa shape index (κ2) is 11.1. The van der Waals surface area contributed by atoms with Gasteiger partial charge in [-0.2, -0.15) is 22.8 Å². The molecule has 0 atom stereocenters. The smallest absolute Gasteiger partial charge is 0.107 e. The molecule has 4 heterocycles. The van der Waals surface area contributed by atoms with Gasteiger partial charge in [0.05, 0.1) is 0 Å². The largest absolute Gasteiger partial charge is 0.500 e. The first kappa shape index (κ1) is 27.7. The molecule has 7 rings (SSSR count). The fraction of sp³-hybridized carbons (Fsp3) is 0.118. The van der Waals surface area contributed by atoms with E-state index in [9.17, 15) is 0 Å². The number of hydrogen-bond donors (Lipinski definition) is 0. The molecular weight excluding hydrogens is 726 g/mol. The number of anilines is 2. The summed E-state index contributed by atoms with van der Waals surface area (Å²) in [7, 11) is 0. The molecule has 0 bridgehead atoms. The number of fused-ring (bicyclic) bond motifs is 3. The van der Waals surface area contributed by atoms with Crippen molar-refractivity contribution in [1.29, 1.82) is 0 Å². The number of hydrogen-bond acceptors (Lipinski definition) is 6. The summed E-state index contributed by atoms with van der Waals surface area (Å²) in [5.74, 6) is 0.649. The summed E-state index contributed by atoms with van der Waals surface area (Å²) < 4.78 is 8.78. The zero-order valence-electron chi connectivity index (χ0n) is 22.7. The number of nitrogens with zero attached hydrogens (tertiary/aromatic N) is 3. The third-order valence-corrected chi connectivity index (χ3v) is 8.82. The zero-order valence-corrected chi connectivity index (χ0v) is 26.6. The first-order valence-electron chi connectivity index (χ1n) is 13.1. The predicted octanol–water partition coefficient (Wildman–Crippen LogP) is 9.78. The van der Waals surface area contributed by atoms with Crippen molar-refractivity contribution in [2.24, 2.45) is 0 Å². The number of pyridine rings is 1. The second-order valence-corrected chi connectivity index (χ2v) is 12.7. The van der Waals surface area contributed by atoms with Gasteiger partial charge >= 0.3 is 0 Å². The Morgan fingerprint density at radius 3 is 2.56 bits per heavy atom. The Bertz CT molecular complexity index is 1870. The number of thiophene rings is 2. The van der Waals surface area contributed by atoms with Crippen molar-refractivity contribution < 1.29 is 25.8 Å². The van der Waals surface area contributed by atoms with Crippen molar-refractivity contribution in [2.45, 2.75) is 26.2 Å². The third-order valence-electron chi connectivity index (χ3n) is 6.96. The van der Waals surface area contributed by atoms with Gasteiger partial charge in [0.2, 0.25) is 0 Å². The molecule has 3 aromatic carbocycles. The van der Waals surface area contributed by atoms with Crippen LogP contribution in [0.4, 0.5) is 11.4 Å². The molecular formula is C34H26N3OPtS2-3. The predicted molar refractivity (Wildman–Crippen MR) is 168 cm³/mol. The van der Waals surface area contributed by atoms with Gasteiger partial charge in [-0.15, -0.1) is 48.0 Å². The molecule has 0 N–H and O–H groups in total. The minimum Gasteiger partial charge on any atom is -0.500 e. The van der Waals surface area contributed by atoms with Crippen molar-refractivity contribution in [2.75, 3.05) is 9.80 Å². The Balaban J connectivity index is 0.00000302. The Hall–Kier alpha value is -3.44. The molecule has 0 amide bonds. The molecule has 1 aliphatic rings. The molecule has 0 unspecified atom stereocenters. The van der Waals surface area contributed by atoms with E-state index in [1.54, 1.807) is 22.7 Å². The summed E-state index contributed by atoms with van der Waals surface area (Å²) in [6.45, 7) is 8.72. The summed E-state index contributed by atoms with van der Waals surface area (Å²) in [5.41, 5.74) is 5.34. The molecule has 0 spiro atoms. The van der Waals surface area contributed by atoms with Crippen molar-refractivity contribution in [3.05, 3.63) is 121 Å². The van der Waals surface area contributed by atoms with Crippen molar-refractivity contribution >= 4 is 54.2 Å². The van der Waals surface area contributed by atoms with Crippen LogP contribution in [-0.2, 0) is 26.5 Å². The average Bonchev–Trinajstić information content (AvgIpc) is 3.72. The molecule has 208 valence electrons. The fourth-order valence-electron chi connectivity index (χ4n) is 4.82. The first-order valence-corrected chi connectivity index (χ1v) is 14.8. The van der Waals surface area contributed by atoms with Crippen molar-refractivity contribution in [3.63, 3.8) is 0 Å². The van der Waals surface area contributed by atoms with Crippen LogP contribution in [-0.4, -0.2) is 4.98 Å². The van der Waals surface area contributed by atoms with Gasteiger partial charge in [0, 0.05) is 49.1 Å². The molecule has 41 heavy (non-hydrogen) atoms. The van der Waals surface area contributed by atoms with E-state index >= 15 is 0 Å². The van der Waals surface area contributed by atoms with E-state index in [0.29, 0.717) is 10.8 Å². The van der Waals surface area contributed by atoms with E-state index in [0.717, 1.165) is 32.7 Å². The van der Waals surface area contributed by atoms with Gasteiger partial charge in [-0.05, 0) is 58.4 Å². The first-order chi connectivity index (χ1) is 19.4. The monoisotopic (exact) mass is 751 g/mol. The van der Waals surface area contributed by atoms with Crippen molar-refractivity contribution in [1.82, 2.24) is 4.98 Å². The second-order valence-electron chi connectivity index (χ2n) is 10.7. The standard InChI is InChI=1S/C34H26N3OS2.Pt/c1-34(2,3)23-12-14-35-30(18-23)28-20-31-27(13-17-39-31)33-29(28)21-32(40-33)38-26-11-7-10-25(19-26)37-16-15-36(22-37)24-8-5-4-6-9-24;/h4-18,20,22H,1-3H3;/q-3;. The van der Waals surface area contributed by atoms with Crippen LogP contribution in [0.5, 0.6) is 10.8 Å². The molecule has 1 aliphatic heterocycles. The number of para-hydroxylation sites is 1. The van der Waals surface area contributed by atoms with E-state index in [-0.39, 0.29) is 26.5 Å². The molecule has 0 saturated heterocycles. The molecule has 3 aromatic heterocycles. The van der Waals surface area contributed by atoms with Crippen LogP contribution in [0.15, 0.2) is 96.8 Å². The van der Waals surface area contributed by atoms with Crippen LogP contribution in [0.1, 0.15) is 26.3 Å². The van der Waals surface area contributed by atoms with Crippen LogP contribution in [0, 0.1) is 18.8 Å².